The molecule has 1 heterocycles. The Morgan fingerprint density at radius 1 is 1.33 bits per heavy atom. The van der Waals surface area contributed by atoms with Gasteiger partial charge < -0.3 is 25.2 Å². The predicted octanol–water partition coefficient (Wildman–Crippen LogP) is -1.68. The molecule has 5 nitrogen and oxygen atoms in total. The molecule has 1 aliphatic rings. The number of allylic oxidation sites excluding steroid dienone is 1. The summed E-state index contributed by atoms with van der Waals surface area (Å²) < 4.78 is 11.8. The van der Waals surface area contributed by atoms with Crippen molar-refractivity contribution in [1.82, 2.24) is 0 Å². The van der Waals surface area contributed by atoms with Crippen molar-refractivity contribution in [2.75, 3.05) is 0 Å². The summed E-state index contributed by atoms with van der Waals surface area (Å²) in [5.74, 6) is -0.217. The molecule has 0 saturated carbocycles. The molecule has 4 atom stereocenters. The van der Waals surface area contributed by atoms with E-state index in [9.17, 15) is 10.2 Å². The van der Waals surface area contributed by atoms with E-state index >= 15 is 0 Å². The zero-order valence-corrected chi connectivity index (χ0v) is 6.51. The quantitative estimate of drug-likeness (QED) is 0.355. The molecule has 1 rings (SSSR count). The number of hydrogen-bond acceptors (Lipinski definition) is 5. The van der Waals surface area contributed by atoms with Gasteiger partial charge in [0.15, 0.2) is 0 Å². The van der Waals surface area contributed by atoms with Crippen molar-refractivity contribution in [3.05, 3.63) is 11.8 Å². The van der Waals surface area contributed by atoms with Gasteiger partial charge in [-0.1, -0.05) is 0 Å². The molecule has 0 amide bonds. The third-order valence-corrected chi connectivity index (χ3v) is 1.73. The van der Waals surface area contributed by atoms with Crippen molar-refractivity contribution in [1.29, 1.82) is 0 Å². The van der Waals surface area contributed by atoms with Crippen molar-refractivity contribution in [2.24, 2.45) is 0 Å². The van der Waals surface area contributed by atoms with Crippen LogP contribution in [0.4, 0.5) is 0 Å². The Hall–Kier alpha value is -0.620. The average Bonchev–Trinajstić information content (AvgIpc) is 2.07. The summed E-state index contributed by atoms with van der Waals surface area (Å²) >= 11 is 0. The first-order valence-electron chi connectivity index (χ1n) is 4.01. The minimum Gasteiger partial charge on any atom is -0.464 e. The number of hydrogen-bond donors (Lipinski definition) is 4. The summed E-state index contributed by atoms with van der Waals surface area (Å²) in [6, 6.07) is -0.0995. The molecule has 0 aromatic heterocycles. The third-order valence-electron chi connectivity index (χ3n) is 1.73. The van der Waals surface area contributed by atoms with Gasteiger partial charge in [0.2, 0.25) is 6.29 Å². The highest BCUT2D eigenvalue weighted by Crippen LogP contribution is 2.21. The van der Waals surface area contributed by atoms with Gasteiger partial charge in [-0.15, -0.1) is 0 Å². The molecule has 0 aromatic carbocycles. The highest BCUT2D eigenvalue weighted by atomic mass is 16.6. The molecular weight excluding hydrogens is 164 g/mol. The topological polar surface area (TPSA) is 90.2 Å². The van der Waals surface area contributed by atoms with Crippen molar-refractivity contribution in [2.45, 2.75) is 31.5 Å². The molecule has 4 N–H and O–H groups in total. The van der Waals surface area contributed by atoms with Crippen molar-refractivity contribution in [3.63, 3.8) is 0 Å². The molecule has 1 unspecified atom stereocenters. The normalized spacial score (nSPS) is 47.9. The molecule has 1 aliphatic heterocycles. The maximum absolute atomic E-state index is 9.27. The van der Waals surface area contributed by atoms with Gasteiger partial charge >= 0.3 is 0 Å². The van der Waals surface area contributed by atoms with Gasteiger partial charge in [-0.05, 0) is 13.0 Å². The molecule has 0 radical (unpaired) electrons. The van der Waals surface area contributed by atoms with Crippen molar-refractivity contribution < 1.29 is 26.5 Å². The van der Waals surface area contributed by atoms with Gasteiger partial charge in [-0.25, -0.2) is 0 Å². The first-order valence-corrected chi connectivity index (χ1v) is 3.51. The van der Waals surface area contributed by atoms with Crippen LogP contribution < -0.4 is 0 Å². The summed E-state index contributed by atoms with van der Waals surface area (Å²) in [4.78, 5) is 0. The van der Waals surface area contributed by atoms with Crippen LogP contribution in [-0.2, 0) is 4.74 Å². The van der Waals surface area contributed by atoms with Crippen molar-refractivity contribution >= 4 is 0 Å². The fourth-order valence-electron chi connectivity index (χ4n) is 0.987. The Labute approximate surface area is 70.9 Å². The predicted molar refractivity (Wildman–Crippen MR) is 38.9 cm³/mol. The van der Waals surface area contributed by atoms with Crippen LogP contribution >= 0.6 is 0 Å². The third kappa shape index (κ3) is 1.44. The van der Waals surface area contributed by atoms with E-state index in [0.717, 1.165) is 0 Å². The summed E-state index contributed by atoms with van der Waals surface area (Å²) in [6.07, 6.45) is -6.15. The maximum Gasteiger partial charge on any atom is 0.226 e. The van der Waals surface area contributed by atoms with Gasteiger partial charge in [0.1, 0.15) is 24.1 Å². The van der Waals surface area contributed by atoms with E-state index in [0.29, 0.717) is 0 Å². The number of rotatable bonds is 0. The van der Waals surface area contributed by atoms with Crippen LogP contribution in [0.25, 0.3) is 0 Å². The van der Waals surface area contributed by atoms with Crippen LogP contribution in [0.2, 0.25) is 0 Å². The number of ether oxygens (including phenoxy) is 1. The van der Waals surface area contributed by atoms with Crippen LogP contribution in [0, 0.1) is 0 Å². The van der Waals surface area contributed by atoms with Crippen LogP contribution in [0.1, 0.15) is 8.29 Å². The van der Waals surface area contributed by atoms with Crippen LogP contribution in [0.15, 0.2) is 11.8 Å². The molecule has 0 spiro atoms. The minimum absolute atomic E-state index is 0.0995. The molecule has 1 fully saturated rings. The van der Waals surface area contributed by atoms with Crippen LogP contribution in [-0.4, -0.2) is 45.0 Å². The lowest BCUT2D eigenvalue weighted by Crippen LogP contribution is -2.51. The molecule has 0 aromatic rings. The lowest BCUT2D eigenvalue weighted by molar-refractivity contribution is -0.224. The second-order valence-electron chi connectivity index (χ2n) is 2.55. The largest absolute Gasteiger partial charge is 0.464 e. The minimum atomic E-state index is -1.60. The highest BCUT2D eigenvalue weighted by molar-refractivity contribution is 5.06. The van der Waals surface area contributed by atoms with Gasteiger partial charge in [-0.2, -0.15) is 0 Å². The van der Waals surface area contributed by atoms with Gasteiger partial charge in [0, 0.05) is 0 Å². The van der Waals surface area contributed by atoms with E-state index in [1.807, 2.05) is 0 Å². The first-order chi connectivity index (χ1) is 5.95. The zero-order chi connectivity index (χ0) is 10.2. The second-order valence-corrected chi connectivity index (χ2v) is 2.55. The Bertz CT molecular complexity index is 225. The zero-order valence-electron chi connectivity index (χ0n) is 7.51. The fraction of sp³-hybridized carbons (Fsp3) is 0.714. The standard InChI is InChI=1S/C7H12O5/c1-2-3-4(8)5(9)6(10)7(11)12-3/h2,4-11H,1H3/t4-,5+,6-,7?/m1/s1/i2D. The molecule has 12 heavy (non-hydrogen) atoms. The van der Waals surface area contributed by atoms with E-state index < -0.39 is 24.6 Å². The Balaban J connectivity index is 2.89. The SMILES string of the molecule is [2H]C(C)=C1OC(O)[C@H](O)[C@@H](O)[C@@H]1O. The van der Waals surface area contributed by atoms with E-state index in [2.05, 4.69) is 4.74 Å². The summed E-state index contributed by atoms with van der Waals surface area (Å²) in [5.41, 5.74) is 0. The number of aliphatic hydroxyl groups is 4. The Kier molecular flexibility index (Phi) is 2.27. The fourth-order valence-corrected chi connectivity index (χ4v) is 0.987. The average molecular weight is 177 g/mol. The molecule has 0 bridgehead atoms. The highest BCUT2D eigenvalue weighted by Gasteiger charge is 2.39. The van der Waals surface area contributed by atoms with Crippen molar-refractivity contribution in [3.8, 4) is 0 Å². The van der Waals surface area contributed by atoms with Gasteiger partial charge in [0.05, 0.1) is 1.37 Å². The van der Waals surface area contributed by atoms with E-state index in [4.69, 9.17) is 11.6 Å². The monoisotopic (exact) mass is 177 g/mol. The lowest BCUT2D eigenvalue weighted by atomic mass is 10.0. The summed E-state index contributed by atoms with van der Waals surface area (Å²) in [5, 5.41) is 36.5. The summed E-state index contributed by atoms with van der Waals surface area (Å²) in [7, 11) is 0. The van der Waals surface area contributed by atoms with Gasteiger partial charge in [-0.3, -0.25) is 0 Å². The van der Waals surface area contributed by atoms with E-state index in [1.165, 1.54) is 6.92 Å². The maximum atomic E-state index is 9.27. The lowest BCUT2D eigenvalue weighted by Gasteiger charge is -2.34. The summed E-state index contributed by atoms with van der Waals surface area (Å²) in [6.45, 7) is 1.34. The molecule has 1 saturated heterocycles. The second kappa shape index (κ2) is 3.40. The van der Waals surface area contributed by atoms with Crippen LogP contribution in [0.5, 0.6) is 0 Å². The molecule has 5 heteroatoms. The molecular formula is C7H12O5. The van der Waals surface area contributed by atoms with Gasteiger partial charge in [0.25, 0.3) is 0 Å². The Morgan fingerprint density at radius 2 is 1.92 bits per heavy atom. The number of aliphatic hydroxyl groups excluding tert-OH is 4. The Morgan fingerprint density at radius 3 is 2.42 bits per heavy atom. The van der Waals surface area contributed by atoms with Crippen LogP contribution in [0.3, 0.4) is 0 Å². The van der Waals surface area contributed by atoms with E-state index in [-0.39, 0.29) is 11.8 Å². The van der Waals surface area contributed by atoms with E-state index in [1.54, 1.807) is 0 Å². The smallest absolute Gasteiger partial charge is 0.226 e. The first kappa shape index (κ1) is 8.00. The molecule has 0 aliphatic carbocycles. The molecule has 70 valence electrons.